The second-order valence-corrected chi connectivity index (χ2v) is 6.63. The molecule has 0 fully saturated rings. The summed E-state index contributed by atoms with van der Waals surface area (Å²) in [6.07, 6.45) is 0.433. The molecular formula is C15H20ClNO3S. The maximum Gasteiger partial charge on any atom is 0.326 e. The second-order valence-electron chi connectivity index (χ2n) is 5.21. The minimum atomic E-state index is -0.986. The molecule has 6 heteroatoms. The molecule has 0 aromatic heterocycles. The molecule has 116 valence electrons. The van der Waals surface area contributed by atoms with Gasteiger partial charge in [0.1, 0.15) is 6.04 Å². The number of thioether (sulfide) groups is 1. The first-order chi connectivity index (χ1) is 9.88. The second kappa shape index (κ2) is 8.95. The van der Waals surface area contributed by atoms with E-state index in [1.807, 2.05) is 26.0 Å². The Morgan fingerprint density at radius 1 is 1.29 bits per heavy atom. The molecule has 0 radical (unpaired) electrons. The van der Waals surface area contributed by atoms with Gasteiger partial charge in [-0.1, -0.05) is 37.6 Å². The van der Waals surface area contributed by atoms with E-state index in [2.05, 4.69) is 5.32 Å². The number of halogens is 1. The van der Waals surface area contributed by atoms with Gasteiger partial charge in [0.05, 0.1) is 5.75 Å². The molecule has 21 heavy (non-hydrogen) atoms. The van der Waals surface area contributed by atoms with Gasteiger partial charge in [-0.2, -0.15) is 0 Å². The van der Waals surface area contributed by atoms with Crippen molar-refractivity contribution in [1.29, 1.82) is 0 Å². The summed E-state index contributed by atoms with van der Waals surface area (Å²) in [5.74, 6) is -0.0910. The van der Waals surface area contributed by atoms with Crippen molar-refractivity contribution in [3.05, 3.63) is 34.9 Å². The van der Waals surface area contributed by atoms with E-state index in [4.69, 9.17) is 16.7 Å². The van der Waals surface area contributed by atoms with Gasteiger partial charge in [-0.15, -0.1) is 11.8 Å². The van der Waals surface area contributed by atoms with Gasteiger partial charge in [0.15, 0.2) is 0 Å². The van der Waals surface area contributed by atoms with Crippen LogP contribution >= 0.6 is 23.4 Å². The van der Waals surface area contributed by atoms with E-state index in [0.717, 1.165) is 5.56 Å². The Morgan fingerprint density at radius 3 is 2.43 bits per heavy atom. The molecule has 1 rings (SSSR count). The van der Waals surface area contributed by atoms with Crippen LogP contribution < -0.4 is 5.32 Å². The number of aliphatic carboxylic acids is 1. The Bertz CT molecular complexity index is 476. The number of carbonyl (C=O) groups is 2. The van der Waals surface area contributed by atoms with Crippen molar-refractivity contribution >= 4 is 35.2 Å². The summed E-state index contributed by atoms with van der Waals surface area (Å²) >= 11 is 7.24. The van der Waals surface area contributed by atoms with Gasteiger partial charge in [-0.25, -0.2) is 4.79 Å². The zero-order chi connectivity index (χ0) is 15.8. The summed E-state index contributed by atoms with van der Waals surface area (Å²) in [5.41, 5.74) is 1.08. The monoisotopic (exact) mass is 329 g/mol. The number of hydrogen-bond acceptors (Lipinski definition) is 3. The van der Waals surface area contributed by atoms with Gasteiger partial charge in [0.25, 0.3) is 0 Å². The van der Waals surface area contributed by atoms with Crippen molar-refractivity contribution in [2.24, 2.45) is 5.92 Å². The highest BCUT2D eigenvalue weighted by Gasteiger charge is 2.20. The molecule has 0 bridgehead atoms. The van der Waals surface area contributed by atoms with Crippen LogP contribution in [0.3, 0.4) is 0 Å². The zero-order valence-electron chi connectivity index (χ0n) is 12.1. The first-order valence-electron chi connectivity index (χ1n) is 6.73. The van der Waals surface area contributed by atoms with Crippen LogP contribution in [0.1, 0.15) is 25.8 Å². The van der Waals surface area contributed by atoms with Crippen molar-refractivity contribution in [3.8, 4) is 0 Å². The highest BCUT2D eigenvalue weighted by Crippen LogP contribution is 2.15. The van der Waals surface area contributed by atoms with Gasteiger partial charge in [0.2, 0.25) is 5.91 Å². The summed E-state index contributed by atoms with van der Waals surface area (Å²) in [4.78, 5) is 22.8. The number of carboxylic acids is 1. The van der Waals surface area contributed by atoms with E-state index in [0.29, 0.717) is 17.2 Å². The van der Waals surface area contributed by atoms with Crippen LogP contribution in [0.2, 0.25) is 5.02 Å². The summed E-state index contributed by atoms with van der Waals surface area (Å²) in [7, 11) is 0. The van der Waals surface area contributed by atoms with E-state index in [9.17, 15) is 9.59 Å². The Hall–Kier alpha value is -1.20. The molecule has 0 saturated heterocycles. The molecule has 0 aliphatic heterocycles. The van der Waals surface area contributed by atoms with Crippen LogP contribution in [0.4, 0.5) is 0 Å². The number of amides is 1. The topological polar surface area (TPSA) is 66.4 Å². The Morgan fingerprint density at radius 2 is 1.90 bits per heavy atom. The average molecular weight is 330 g/mol. The minimum Gasteiger partial charge on any atom is -0.480 e. The number of hydrogen-bond donors (Lipinski definition) is 2. The summed E-state index contributed by atoms with van der Waals surface area (Å²) < 4.78 is 0. The summed E-state index contributed by atoms with van der Waals surface area (Å²) in [6, 6.07) is 6.62. The van der Waals surface area contributed by atoms with Gasteiger partial charge >= 0.3 is 5.97 Å². The molecule has 1 atom stereocenters. The van der Waals surface area contributed by atoms with Crippen LogP contribution in [0.15, 0.2) is 24.3 Å². The molecule has 0 spiro atoms. The largest absolute Gasteiger partial charge is 0.480 e. The number of benzene rings is 1. The Balaban J connectivity index is 2.35. The van der Waals surface area contributed by atoms with Crippen LogP contribution in [-0.2, 0) is 15.3 Å². The molecule has 1 aromatic carbocycles. The van der Waals surface area contributed by atoms with Crippen molar-refractivity contribution in [1.82, 2.24) is 5.32 Å². The highest BCUT2D eigenvalue weighted by atomic mass is 35.5. The lowest BCUT2D eigenvalue weighted by Gasteiger charge is -2.16. The SMILES string of the molecule is CC(C)CC(NC(=O)CSCc1ccc(Cl)cc1)C(=O)O. The third-order valence-corrected chi connectivity index (χ3v) is 4.01. The van der Waals surface area contributed by atoms with Gasteiger partial charge in [-0.05, 0) is 30.0 Å². The van der Waals surface area contributed by atoms with Crippen LogP contribution in [0.25, 0.3) is 0 Å². The van der Waals surface area contributed by atoms with Crippen molar-refractivity contribution in [2.75, 3.05) is 5.75 Å². The normalized spacial score (nSPS) is 12.2. The van der Waals surface area contributed by atoms with Gasteiger partial charge < -0.3 is 10.4 Å². The lowest BCUT2D eigenvalue weighted by molar-refractivity contribution is -0.141. The van der Waals surface area contributed by atoms with Crippen molar-refractivity contribution in [3.63, 3.8) is 0 Å². The van der Waals surface area contributed by atoms with E-state index in [1.54, 1.807) is 12.1 Å². The van der Waals surface area contributed by atoms with E-state index in [-0.39, 0.29) is 17.6 Å². The van der Waals surface area contributed by atoms with Crippen molar-refractivity contribution < 1.29 is 14.7 Å². The molecule has 0 aliphatic rings. The minimum absolute atomic E-state index is 0.216. The van der Waals surface area contributed by atoms with E-state index in [1.165, 1.54) is 11.8 Å². The lowest BCUT2D eigenvalue weighted by atomic mass is 10.0. The molecule has 2 N–H and O–H groups in total. The molecular weight excluding hydrogens is 310 g/mol. The molecule has 0 aliphatic carbocycles. The predicted molar refractivity (Wildman–Crippen MR) is 86.6 cm³/mol. The molecule has 0 saturated carbocycles. The zero-order valence-corrected chi connectivity index (χ0v) is 13.7. The van der Waals surface area contributed by atoms with Gasteiger partial charge in [-0.3, -0.25) is 4.79 Å². The fourth-order valence-electron chi connectivity index (χ4n) is 1.77. The third kappa shape index (κ3) is 7.39. The third-order valence-electron chi connectivity index (χ3n) is 2.76. The average Bonchev–Trinajstić information content (AvgIpc) is 2.39. The molecule has 4 nitrogen and oxygen atoms in total. The maximum absolute atomic E-state index is 11.8. The number of carboxylic acid groups (broad SMARTS) is 1. The highest BCUT2D eigenvalue weighted by molar-refractivity contribution is 7.99. The van der Waals surface area contributed by atoms with Crippen LogP contribution in [0.5, 0.6) is 0 Å². The Kier molecular flexibility index (Phi) is 7.61. The van der Waals surface area contributed by atoms with Crippen LogP contribution in [0, 0.1) is 5.92 Å². The van der Waals surface area contributed by atoms with Gasteiger partial charge in [0, 0.05) is 10.8 Å². The first-order valence-corrected chi connectivity index (χ1v) is 8.26. The quantitative estimate of drug-likeness (QED) is 0.768. The van der Waals surface area contributed by atoms with Crippen LogP contribution in [-0.4, -0.2) is 28.8 Å². The molecule has 0 heterocycles. The Labute approximate surface area is 134 Å². The number of nitrogens with one attached hydrogen (secondary N) is 1. The van der Waals surface area contributed by atoms with Crippen molar-refractivity contribution in [2.45, 2.75) is 32.1 Å². The summed E-state index contributed by atoms with van der Waals surface area (Å²) in [5, 5.41) is 12.3. The maximum atomic E-state index is 11.8. The standard InChI is InChI=1S/C15H20ClNO3S/c1-10(2)7-13(15(19)20)17-14(18)9-21-8-11-3-5-12(16)6-4-11/h3-6,10,13H,7-9H2,1-2H3,(H,17,18)(H,19,20). The number of rotatable bonds is 8. The summed E-state index contributed by atoms with van der Waals surface area (Å²) in [6.45, 7) is 3.86. The van der Waals surface area contributed by atoms with E-state index >= 15 is 0 Å². The molecule has 1 amide bonds. The lowest BCUT2D eigenvalue weighted by Crippen LogP contribution is -2.42. The predicted octanol–water partition coefficient (Wildman–Crippen LogP) is 3.19. The molecule has 1 aromatic rings. The first kappa shape index (κ1) is 17.9. The molecule has 1 unspecified atom stereocenters. The fourth-order valence-corrected chi connectivity index (χ4v) is 2.70. The smallest absolute Gasteiger partial charge is 0.326 e. The fraction of sp³-hybridized carbons (Fsp3) is 0.467. The van der Waals surface area contributed by atoms with E-state index < -0.39 is 12.0 Å². The number of carbonyl (C=O) groups excluding carboxylic acids is 1.